The molecule has 14 heteroatoms. The second kappa shape index (κ2) is 7.54. The van der Waals surface area contributed by atoms with E-state index >= 15 is 17.6 Å². The largest absolute Gasteiger partial charge is 0.453 e. The lowest BCUT2D eigenvalue weighted by atomic mass is 9.56. The van der Waals surface area contributed by atoms with Crippen LogP contribution in [0, 0.1) is 22.7 Å². The Morgan fingerprint density at radius 1 is 0.636 bits per heavy atom. The minimum atomic E-state index is -6.63. The van der Waals surface area contributed by atoms with Crippen molar-refractivity contribution in [2.75, 3.05) is 0 Å². The van der Waals surface area contributed by atoms with Gasteiger partial charge >= 0.3 is 30.0 Å². The molecule has 2 nitrogen and oxygen atoms in total. The fourth-order valence-corrected chi connectivity index (χ4v) is 3.57. The highest BCUT2D eigenvalue weighted by atomic mass is 19.4. The molecule has 1 aliphatic rings. The fourth-order valence-electron chi connectivity index (χ4n) is 3.57. The van der Waals surface area contributed by atoms with Crippen molar-refractivity contribution in [3.63, 3.8) is 0 Å². The molecule has 1 saturated heterocycles. The second-order valence-corrected chi connectivity index (χ2v) is 9.81. The van der Waals surface area contributed by atoms with Crippen molar-refractivity contribution < 1.29 is 62.2 Å². The van der Waals surface area contributed by atoms with Crippen molar-refractivity contribution in [1.82, 2.24) is 0 Å². The monoisotopic (exact) mass is 514 g/mol. The molecular formula is C19H26F12O2. The number of halogens is 12. The summed E-state index contributed by atoms with van der Waals surface area (Å²) in [6.45, 7) is 3.67. The third kappa shape index (κ3) is 3.55. The minimum absolute atomic E-state index is 0.274. The Balaban J connectivity index is 3.99. The van der Waals surface area contributed by atoms with E-state index in [0.717, 1.165) is 0 Å². The molecule has 2 atom stereocenters. The van der Waals surface area contributed by atoms with Crippen molar-refractivity contribution in [1.29, 1.82) is 0 Å². The molecule has 0 aromatic heterocycles. The molecule has 0 bridgehead atoms. The highest BCUT2D eigenvalue weighted by Crippen LogP contribution is 2.70. The van der Waals surface area contributed by atoms with E-state index in [1.54, 1.807) is 0 Å². The van der Waals surface area contributed by atoms with Crippen LogP contribution in [0.15, 0.2) is 0 Å². The van der Waals surface area contributed by atoms with Crippen LogP contribution in [0.25, 0.3) is 0 Å². The van der Waals surface area contributed by atoms with Crippen LogP contribution in [-0.4, -0.2) is 41.7 Å². The zero-order valence-corrected chi connectivity index (χ0v) is 19.0. The molecule has 198 valence electrons. The van der Waals surface area contributed by atoms with Gasteiger partial charge < -0.3 is 0 Å². The molecule has 33 heavy (non-hydrogen) atoms. The van der Waals surface area contributed by atoms with Crippen molar-refractivity contribution in [3.05, 3.63) is 0 Å². The summed E-state index contributed by atoms with van der Waals surface area (Å²) in [7, 11) is 0. The molecular weight excluding hydrogens is 488 g/mol. The molecule has 0 aromatic rings. The molecule has 1 heterocycles. The van der Waals surface area contributed by atoms with Crippen LogP contribution in [0.2, 0.25) is 0 Å². The fraction of sp³-hybridized carbons (Fsp3) is 1.00. The molecule has 1 aliphatic heterocycles. The van der Waals surface area contributed by atoms with Crippen LogP contribution < -0.4 is 0 Å². The SMILES string of the molecule is CC(C)C(F)(F)C(F)(F)C(C)(C)C(C)(C)C1(F)OC(C(F)(F)F)(C(F)(F)F)OC1(F)C(C)C. The van der Waals surface area contributed by atoms with Gasteiger partial charge in [-0.2, -0.15) is 43.9 Å². The average molecular weight is 514 g/mol. The topological polar surface area (TPSA) is 18.5 Å². The van der Waals surface area contributed by atoms with Crippen molar-refractivity contribution in [2.45, 2.75) is 97.1 Å². The summed E-state index contributed by atoms with van der Waals surface area (Å²) in [6.07, 6.45) is -13.3. The first-order chi connectivity index (χ1) is 14.1. The Kier molecular flexibility index (Phi) is 6.88. The summed E-state index contributed by atoms with van der Waals surface area (Å²) in [5, 5.41) is 0. The molecule has 0 aliphatic carbocycles. The van der Waals surface area contributed by atoms with E-state index in [-0.39, 0.29) is 27.7 Å². The summed E-state index contributed by atoms with van der Waals surface area (Å²) >= 11 is 0. The summed E-state index contributed by atoms with van der Waals surface area (Å²) in [4.78, 5) is 0. The Morgan fingerprint density at radius 3 is 1.27 bits per heavy atom. The predicted molar refractivity (Wildman–Crippen MR) is 91.8 cm³/mol. The van der Waals surface area contributed by atoms with Crippen LogP contribution >= 0.6 is 0 Å². The molecule has 2 unspecified atom stereocenters. The van der Waals surface area contributed by atoms with Crippen LogP contribution in [0.5, 0.6) is 0 Å². The van der Waals surface area contributed by atoms with Gasteiger partial charge in [0, 0.05) is 22.7 Å². The van der Waals surface area contributed by atoms with E-state index < -0.39 is 64.4 Å². The van der Waals surface area contributed by atoms with Gasteiger partial charge in [-0.05, 0) is 0 Å². The molecule has 0 spiro atoms. The zero-order valence-electron chi connectivity index (χ0n) is 19.0. The van der Waals surface area contributed by atoms with Crippen LogP contribution in [0.4, 0.5) is 52.7 Å². The Labute approximate surface area is 183 Å². The normalized spacial score (nSPS) is 28.2. The summed E-state index contributed by atoms with van der Waals surface area (Å²) in [6, 6.07) is 0. The quantitative estimate of drug-likeness (QED) is 0.337. The van der Waals surface area contributed by atoms with Gasteiger partial charge in [0.2, 0.25) is 0 Å². The van der Waals surface area contributed by atoms with E-state index in [1.807, 2.05) is 0 Å². The lowest BCUT2D eigenvalue weighted by molar-refractivity contribution is -0.464. The van der Waals surface area contributed by atoms with Crippen molar-refractivity contribution in [3.8, 4) is 0 Å². The Hall–Kier alpha value is -0.920. The second-order valence-electron chi connectivity index (χ2n) is 9.81. The highest BCUT2D eigenvalue weighted by molar-refractivity contribution is 5.16. The van der Waals surface area contributed by atoms with Crippen molar-refractivity contribution in [2.24, 2.45) is 22.7 Å². The standard InChI is InChI=1S/C19H26F12O2/c1-9(2)13(20,21)15(23,24)11(5,6)12(7,8)16(25)14(22,10(3)4)32-17(33-16,18(26,27)28)19(29,30)31/h9-10H,1-8H3. The molecule has 0 radical (unpaired) electrons. The lowest BCUT2D eigenvalue weighted by Crippen LogP contribution is -2.68. The van der Waals surface area contributed by atoms with E-state index in [0.29, 0.717) is 27.7 Å². The molecule has 0 saturated carbocycles. The average Bonchev–Trinajstić information content (AvgIpc) is 2.85. The molecule has 0 N–H and O–H groups in total. The lowest BCUT2D eigenvalue weighted by Gasteiger charge is -2.55. The van der Waals surface area contributed by atoms with Gasteiger partial charge in [0.15, 0.2) is 0 Å². The van der Waals surface area contributed by atoms with Crippen molar-refractivity contribution >= 4 is 0 Å². The first-order valence-electron chi connectivity index (χ1n) is 9.72. The Bertz CT molecular complexity index is 724. The van der Waals surface area contributed by atoms with E-state index in [4.69, 9.17) is 0 Å². The molecule has 0 amide bonds. The molecule has 0 aromatic carbocycles. The van der Waals surface area contributed by atoms with Gasteiger partial charge in [-0.3, -0.25) is 9.47 Å². The number of rotatable bonds is 6. The number of hydrogen-bond donors (Lipinski definition) is 0. The third-order valence-electron chi connectivity index (χ3n) is 6.80. The maximum atomic E-state index is 16.3. The van der Waals surface area contributed by atoms with Crippen LogP contribution in [0.3, 0.4) is 0 Å². The number of hydrogen-bond acceptors (Lipinski definition) is 2. The van der Waals surface area contributed by atoms with E-state index in [9.17, 15) is 35.1 Å². The van der Waals surface area contributed by atoms with E-state index in [2.05, 4.69) is 9.47 Å². The number of alkyl halides is 12. The van der Waals surface area contributed by atoms with Gasteiger partial charge in [0.1, 0.15) is 0 Å². The van der Waals surface area contributed by atoms with E-state index in [1.165, 1.54) is 0 Å². The first-order valence-corrected chi connectivity index (χ1v) is 9.72. The summed E-state index contributed by atoms with van der Waals surface area (Å²) < 4.78 is 179. The predicted octanol–water partition coefficient (Wildman–Crippen LogP) is 7.82. The minimum Gasteiger partial charge on any atom is -0.293 e. The third-order valence-corrected chi connectivity index (χ3v) is 6.80. The summed E-state index contributed by atoms with van der Waals surface area (Å²) in [5.41, 5.74) is -6.97. The maximum absolute atomic E-state index is 16.3. The first kappa shape index (κ1) is 30.1. The van der Waals surface area contributed by atoms with Gasteiger partial charge in [-0.1, -0.05) is 55.4 Å². The van der Waals surface area contributed by atoms with Crippen LogP contribution in [-0.2, 0) is 9.47 Å². The van der Waals surface area contributed by atoms with Crippen LogP contribution in [0.1, 0.15) is 55.4 Å². The smallest absolute Gasteiger partial charge is 0.293 e. The van der Waals surface area contributed by atoms with Gasteiger partial charge in [-0.25, -0.2) is 8.78 Å². The summed E-state index contributed by atoms with van der Waals surface area (Å²) in [5.74, 6) is -29.9. The highest BCUT2D eigenvalue weighted by Gasteiger charge is 2.90. The van der Waals surface area contributed by atoms with Gasteiger partial charge in [0.25, 0.3) is 11.7 Å². The maximum Gasteiger partial charge on any atom is 0.453 e. The van der Waals surface area contributed by atoms with Gasteiger partial charge in [-0.15, -0.1) is 0 Å². The Morgan fingerprint density at radius 2 is 1.00 bits per heavy atom. The number of ether oxygens (including phenoxy) is 2. The zero-order chi connectivity index (χ0) is 27.1. The molecule has 1 fully saturated rings. The molecule has 1 rings (SSSR count). The van der Waals surface area contributed by atoms with Gasteiger partial charge in [0.05, 0.1) is 0 Å².